The highest BCUT2D eigenvalue weighted by Crippen LogP contribution is 2.19. The van der Waals surface area contributed by atoms with Crippen LogP contribution in [0.5, 0.6) is 0 Å². The van der Waals surface area contributed by atoms with Gasteiger partial charge in [0.2, 0.25) is 0 Å². The van der Waals surface area contributed by atoms with E-state index >= 15 is 0 Å². The van der Waals surface area contributed by atoms with Gasteiger partial charge in [-0.2, -0.15) is 0 Å². The zero-order valence-corrected chi connectivity index (χ0v) is 11.4. The van der Waals surface area contributed by atoms with Gasteiger partial charge in [0.05, 0.1) is 11.3 Å². The summed E-state index contributed by atoms with van der Waals surface area (Å²) < 4.78 is 0. The molecule has 0 aliphatic heterocycles. The van der Waals surface area contributed by atoms with Crippen LogP contribution in [0.1, 0.15) is 33.2 Å². The van der Waals surface area contributed by atoms with Crippen molar-refractivity contribution in [2.24, 2.45) is 0 Å². The first-order valence-electron chi connectivity index (χ1n) is 6.26. The number of benzene rings is 2. The number of nitrogen functional groups attached to an aromatic ring is 1. The predicted octanol–water partition coefficient (Wildman–Crippen LogP) is 3.03. The van der Waals surface area contributed by atoms with E-state index in [0.717, 1.165) is 5.56 Å². The minimum Gasteiger partial charge on any atom is -0.398 e. The number of anilines is 2. The van der Waals surface area contributed by atoms with Gasteiger partial charge in [0, 0.05) is 11.3 Å². The normalized spacial score (nSPS) is 10.1. The van der Waals surface area contributed by atoms with E-state index in [2.05, 4.69) is 5.32 Å². The first-order valence-corrected chi connectivity index (χ1v) is 6.26. The SMILES string of the molecule is CC(=O)c1ccccc1NC(=O)c1cc(C)ccc1N. The highest BCUT2D eigenvalue weighted by atomic mass is 16.1. The molecule has 0 aromatic heterocycles. The Labute approximate surface area is 117 Å². The summed E-state index contributed by atoms with van der Waals surface area (Å²) >= 11 is 0. The van der Waals surface area contributed by atoms with Crippen LogP contribution in [0.3, 0.4) is 0 Å². The van der Waals surface area contributed by atoms with Gasteiger partial charge in [-0.25, -0.2) is 0 Å². The maximum atomic E-state index is 12.3. The number of carbonyl (C=O) groups excluding carboxylic acids is 2. The highest BCUT2D eigenvalue weighted by molar-refractivity contribution is 6.11. The minimum absolute atomic E-state index is 0.0990. The molecule has 0 unspecified atom stereocenters. The van der Waals surface area contributed by atoms with Gasteiger partial charge in [0.15, 0.2) is 5.78 Å². The molecule has 20 heavy (non-hydrogen) atoms. The van der Waals surface area contributed by atoms with Crippen molar-refractivity contribution >= 4 is 23.1 Å². The maximum Gasteiger partial charge on any atom is 0.257 e. The van der Waals surface area contributed by atoms with Crippen molar-refractivity contribution < 1.29 is 9.59 Å². The highest BCUT2D eigenvalue weighted by Gasteiger charge is 2.13. The van der Waals surface area contributed by atoms with Crippen LogP contribution >= 0.6 is 0 Å². The number of nitrogens with one attached hydrogen (secondary N) is 1. The van der Waals surface area contributed by atoms with Crippen LogP contribution < -0.4 is 11.1 Å². The molecule has 4 heteroatoms. The lowest BCUT2D eigenvalue weighted by Gasteiger charge is -2.11. The van der Waals surface area contributed by atoms with E-state index in [4.69, 9.17) is 5.73 Å². The molecule has 0 atom stereocenters. The molecule has 2 rings (SSSR count). The van der Waals surface area contributed by atoms with E-state index in [1.165, 1.54) is 6.92 Å². The number of carbonyl (C=O) groups is 2. The van der Waals surface area contributed by atoms with Crippen molar-refractivity contribution in [1.82, 2.24) is 0 Å². The summed E-state index contributed by atoms with van der Waals surface area (Å²) in [5.41, 5.74) is 8.55. The average Bonchev–Trinajstić information content (AvgIpc) is 2.41. The second-order valence-corrected chi connectivity index (χ2v) is 4.65. The second kappa shape index (κ2) is 5.57. The zero-order valence-electron chi connectivity index (χ0n) is 11.4. The van der Waals surface area contributed by atoms with E-state index in [-0.39, 0.29) is 11.7 Å². The van der Waals surface area contributed by atoms with E-state index in [1.807, 2.05) is 13.0 Å². The molecule has 0 bridgehead atoms. The van der Waals surface area contributed by atoms with E-state index < -0.39 is 0 Å². The minimum atomic E-state index is -0.320. The molecule has 0 saturated heterocycles. The van der Waals surface area contributed by atoms with Crippen molar-refractivity contribution in [3.05, 3.63) is 59.2 Å². The summed E-state index contributed by atoms with van der Waals surface area (Å²) in [6.45, 7) is 3.35. The monoisotopic (exact) mass is 268 g/mol. The van der Waals surface area contributed by atoms with Gasteiger partial charge in [0.25, 0.3) is 5.91 Å². The van der Waals surface area contributed by atoms with Crippen LogP contribution in [0, 0.1) is 6.92 Å². The molecule has 0 saturated carbocycles. The molecule has 4 nitrogen and oxygen atoms in total. The first kappa shape index (κ1) is 13.8. The van der Waals surface area contributed by atoms with Crippen LogP contribution in [0.15, 0.2) is 42.5 Å². The molecule has 0 heterocycles. The number of ketones is 1. The van der Waals surface area contributed by atoms with Gasteiger partial charge >= 0.3 is 0 Å². The Morgan fingerprint density at radius 3 is 2.45 bits per heavy atom. The van der Waals surface area contributed by atoms with Crippen LogP contribution in [-0.4, -0.2) is 11.7 Å². The number of aryl methyl sites for hydroxylation is 1. The molecule has 2 aromatic rings. The van der Waals surface area contributed by atoms with Crippen LogP contribution in [0.2, 0.25) is 0 Å². The summed E-state index contributed by atoms with van der Waals surface area (Å²) in [5, 5.41) is 2.74. The molecule has 102 valence electrons. The molecule has 2 aromatic carbocycles. The van der Waals surface area contributed by atoms with Gasteiger partial charge in [-0.15, -0.1) is 0 Å². The molecule has 0 aliphatic rings. The van der Waals surface area contributed by atoms with Gasteiger partial charge in [-0.1, -0.05) is 23.8 Å². The first-order chi connectivity index (χ1) is 9.49. The average molecular weight is 268 g/mol. The lowest BCUT2D eigenvalue weighted by molar-refractivity contribution is 0.101. The van der Waals surface area contributed by atoms with Crippen molar-refractivity contribution in [2.75, 3.05) is 11.1 Å². The van der Waals surface area contributed by atoms with Crippen molar-refractivity contribution in [3.63, 3.8) is 0 Å². The van der Waals surface area contributed by atoms with Gasteiger partial charge in [-0.3, -0.25) is 9.59 Å². The molecule has 0 fully saturated rings. The summed E-state index contributed by atoms with van der Waals surface area (Å²) in [7, 11) is 0. The van der Waals surface area contributed by atoms with Crippen molar-refractivity contribution in [2.45, 2.75) is 13.8 Å². The van der Waals surface area contributed by atoms with Crippen LogP contribution in [-0.2, 0) is 0 Å². The summed E-state index contributed by atoms with van der Waals surface area (Å²) in [6.07, 6.45) is 0. The molecular formula is C16H16N2O2. The molecule has 0 radical (unpaired) electrons. The third kappa shape index (κ3) is 2.85. The molecule has 0 aliphatic carbocycles. The van der Waals surface area contributed by atoms with Crippen molar-refractivity contribution in [1.29, 1.82) is 0 Å². The van der Waals surface area contributed by atoms with Crippen molar-refractivity contribution in [3.8, 4) is 0 Å². The Bertz CT molecular complexity index is 678. The fourth-order valence-corrected chi connectivity index (χ4v) is 1.96. The van der Waals surface area contributed by atoms with Gasteiger partial charge < -0.3 is 11.1 Å². The number of Topliss-reactive ketones (excluding diaryl/α,β-unsaturated/α-hetero) is 1. The second-order valence-electron chi connectivity index (χ2n) is 4.65. The Kier molecular flexibility index (Phi) is 3.84. The number of hydrogen-bond acceptors (Lipinski definition) is 3. The Balaban J connectivity index is 2.33. The Hall–Kier alpha value is -2.62. The topological polar surface area (TPSA) is 72.2 Å². The summed E-state index contributed by atoms with van der Waals surface area (Å²) in [6, 6.07) is 12.2. The predicted molar refractivity (Wildman–Crippen MR) is 80.0 cm³/mol. The number of amides is 1. The summed E-state index contributed by atoms with van der Waals surface area (Å²) in [5.74, 6) is -0.419. The Morgan fingerprint density at radius 1 is 1.05 bits per heavy atom. The Morgan fingerprint density at radius 2 is 1.75 bits per heavy atom. The maximum absolute atomic E-state index is 12.3. The van der Waals surface area contributed by atoms with E-state index in [1.54, 1.807) is 36.4 Å². The number of rotatable bonds is 3. The summed E-state index contributed by atoms with van der Waals surface area (Å²) in [4.78, 5) is 23.8. The smallest absolute Gasteiger partial charge is 0.257 e. The number of hydrogen-bond donors (Lipinski definition) is 2. The van der Waals surface area contributed by atoms with Gasteiger partial charge in [-0.05, 0) is 38.1 Å². The lowest BCUT2D eigenvalue weighted by atomic mass is 10.1. The third-order valence-electron chi connectivity index (χ3n) is 3.01. The lowest BCUT2D eigenvalue weighted by Crippen LogP contribution is -2.16. The third-order valence-corrected chi connectivity index (χ3v) is 3.01. The van der Waals surface area contributed by atoms with Gasteiger partial charge in [0.1, 0.15) is 0 Å². The zero-order chi connectivity index (χ0) is 14.7. The molecule has 1 amide bonds. The largest absolute Gasteiger partial charge is 0.398 e. The van der Waals surface area contributed by atoms with Crippen LogP contribution in [0.25, 0.3) is 0 Å². The fourth-order valence-electron chi connectivity index (χ4n) is 1.96. The van der Waals surface area contributed by atoms with E-state index in [0.29, 0.717) is 22.5 Å². The standard InChI is InChI=1S/C16H16N2O2/c1-10-7-8-14(17)13(9-10)16(20)18-15-6-4-3-5-12(15)11(2)19/h3-9H,17H2,1-2H3,(H,18,20). The van der Waals surface area contributed by atoms with Crippen LogP contribution in [0.4, 0.5) is 11.4 Å². The number of para-hydroxylation sites is 1. The number of nitrogens with two attached hydrogens (primary N) is 1. The van der Waals surface area contributed by atoms with E-state index in [9.17, 15) is 9.59 Å². The molecule has 0 spiro atoms. The quantitative estimate of drug-likeness (QED) is 0.664. The molecule has 3 N–H and O–H groups in total. The fraction of sp³-hybridized carbons (Fsp3) is 0.125. The molecular weight excluding hydrogens is 252 g/mol.